The van der Waals surface area contributed by atoms with Crippen LogP contribution in [0.2, 0.25) is 0 Å². The monoisotopic (exact) mass is 328 g/mol. The fourth-order valence-electron chi connectivity index (χ4n) is 2.69. The van der Waals surface area contributed by atoms with Gasteiger partial charge in [0.15, 0.2) is 0 Å². The summed E-state index contributed by atoms with van der Waals surface area (Å²) in [6.07, 6.45) is -2.11. The first-order valence-corrected chi connectivity index (χ1v) is 7.88. The topological polar surface area (TPSA) is 23.6 Å². The Morgan fingerprint density at radius 3 is 2.30 bits per heavy atom. The number of hydrogen-bond acceptors (Lipinski definition) is 2. The van der Waals surface area contributed by atoms with Gasteiger partial charge in [0.05, 0.1) is 12.1 Å². The van der Waals surface area contributed by atoms with E-state index in [4.69, 9.17) is 0 Å². The maximum absolute atomic E-state index is 12.5. The van der Waals surface area contributed by atoms with Crippen molar-refractivity contribution in [3.63, 3.8) is 0 Å². The highest BCUT2D eigenvalue weighted by molar-refractivity contribution is 5.78. The van der Waals surface area contributed by atoms with E-state index in [1.54, 1.807) is 11.9 Å². The second-order valence-electron chi connectivity index (χ2n) is 6.40. The quantitative estimate of drug-likeness (QED) is 0.846. The van der Waals surface area contributed by atoms with Gasteiger partial charge in [-0.2, -0.15) is 13.2 Å². The summed E-state index contributed by atoms with van der Waals surface area (Å²) >= 11 is 0. The van der Waals surface area contributed by atoms with Gasteiger partial charge < -0.3 is 4.90 Å². The van der Waals surface area contributed by atoms with Crippen molar-refractivity contribution in [2.45, 2.75) is 32.5 Å². The third-order valence-corrected chi connectivity index (χ3v) is 4.36. The Bertz CT molecular complexity index is 520. The summed E-state index contributed by atoms with van der Waals surface area (Å²) < 4.78 is 37.6. The first-order valence-electron chi connectivity index (χ1n) is 7.88. The third kappa shape index (κ3) is 5.23. The summed E-state index contributed by atoms with van der Waals surface area (Å²) in [5.74, 6) is 0.714. The lowest BCUT2D eigenvalue weighted by Gasteiger charge is -2.31. The fourth-order valence-corrected chi connectivity index (χ4v) is 2.69. The van der Waals surface area contributed by atoms with Crippen molar-refractivity contribution < 1.29 is 18.0 Å². The summed E-state index contributed by atoms with van der Waals surface area (Å²) in [6.45, 7) is 4.78. The first kappa shape index (κ1) is 17.8. The molecular weight excluding hydrogens is 305 g/mol. The standard InChI is InChI=1S/C17H23F3N2O/c1-13-7-9-22(10-8-13)12-16(23)21(2)11-14-3-5-15(6-4-14)17(18,19)20/h3-6,13H,7-12H2,1-2H3. The smallest absolute Gasteiger partial charge is 0.340 e. The lowest BCUT2D eigenvalue weighted by Crippen LogP contribution is -2.41. The van der Waals surface area contributed by atoms with Gasteiger partial charge >= 0.3 is 6.18 Å². The second kappa shape index (κ2) is 7.34. The Balaban J connectivity index is 1.86. The zero-order valence-corrected chi connectivity index (χ0v) is 13.6. The molecule has 1 saturated heterocycles. The van der Waals surface area contributed by atoms with E-state index < -0.39 is 11.7 Å². The molecule has 1 aromatic rings. The zero-order valence-electron chi connectivity index (χ0n) is 13.6. The average molecular weight is 328 g/mol. The lowest BCUT2D eigenvalue weighted by molar-refractivity contribution is -0.137. The molecule has 0 saturated carbocycles. The maximum Gasteiger partial charge on any atom is 0.416 e. The van der Waals surface area contributed by atoms with E-state index in [0.717, 1.165) is 38.1 Å². The molecule has 1 fully saturated rings. The first-order chi connectivity index (χ1) is 10.8. The third-order valence-electron chi connectivity index (χ3n) is 4.36. The molecule has 1 aliphatic rings. The minimum Gasteiger partial charge on any atom is -0.340 e. The summed E-state index contributed by atoms with van der Waals surface area (Å²) in [5.41, 5.74) is 0.0267. The number of amides is 1. The Morgan fingerprint density at radius 1 is 1.22 bits per heavy atom. The number of nitrogens with zero attached hydrogens (tertiary/aromatic N) is 2. The van der Waals surface area contributed by atoms with Crippen molar-refractivity contribution in [1.29, 1.82) is 0 Å². The summed E-state index contributed by atoms with van der Waals surface area (Å²) in [4.78, 5) is 15.9. The van der Waals surface area contributed by atoms with Crippen LogP contribution in [0.15, 0.2) is 24.3 Å². The number of piperidine rings is 1. The minimum absolute atomic E-state index is 0.000508. The molecule has 0 aromatic heterocycles. The molecular formula is C17H23F3N2O. The van der Waals surface area contributed by atoms with Gasteiger partial charge in [0.2, 0.25) is 5.91 Å². The van der Waals surface area contributed by atoms with Crippen LogP contribution < -0.4 is 0 Å². The maximum atomic E-state index is 12.5. The molecule has 1 amide bonds. The average Bonchev–Trinajstić information content (AvgIpc) is 2.49. The van der Waals surface area contributed by atoms with Crippen molar-refractivity contribution in [2.24, 2.45) is 5.92 Å². The number of likely N-dealkylation sites (tertiary alicyclic amines) is 1. The summed E-state index contributed by atoms with van der Waals surface area (Å²) in [6, 6.07) is 4.96. The molecule has 0 spiro atoms. The number of halogens is 3. The minimum atomic E-state index is -4.33. The highest BCUT2D eigenvalue weighted by atomic mass is 19.4. The van der Waals surface area contributed by atoms with E-state index in [-0.39, 0.29) is 5.91 Å². The second-order valence-corrected chi connectivity index (χ2v) is 6.40. The number of alkyl halides is 3. The molecule has 1 aliphatic heterocycles. The van der Waals surface area contributed by atoms with Crippen LogP contribution in [0.1, 0.15) is 30.9 Å². The van der Waals surface area contributed by atoms with Gasteiger partial charge in [0.1, 0.15) is 0 Å². The van der Waals surface area contributed by atoms with E-state index in [9.17, 15) is 18.0 Å². The molecule has 0 bridgehead atoms. The van der Waals surface area contributed by atoms with Gasteiger partial charge in [0, 0.05) is 13.6 Å². The molecule has 23 heavy (non-hydrogen) atoms. The normalized spacial score (nSPS) is 17.3. The largest absolute Gasteiger partial charge is 0.416 e. The van der Waals surface area contributed by atoms with Gasteiger partial charge in [-0.05, 0) is 49.5 Å². The van der Waals surface area contributed by atoms with E-state index in [0.29, 0.717) is 24.6 Å². The van der Waals surface area contributed by atoms with Crippen molar-refractivity contribution in [3.8, 4) is 0 Å². The lowest BCUT2D eigenvalue weighted by atomic mass is 9.99. The molecule has 1 aromatic carbocycles. The number of hydrogen-bond donors (Lipinski definition) is 0. The van der Waals surface area contributed by atoms with E-state index in [1.165, 1.54) is 12.1 Å². The van der Waals surface area contributed by atoms with Gasteiger partial charge in [-0.25, -0.2) is 0 Å². The van der Waals surface area contributed by atoms with Crippen LogP contribution in [0.25, 0.3) is 0 Å². The van der Waals surface area contributed by atoms with Gasteiger partial charge in [-0.15, -0.1) is 0 Å². The van der Waals surface area contributed by atoms with Crippen LogP contribution in [0.5, 0.6) is 0 Å². The molecule has 0 aliphatic carbocycles. The predicted molar refractivity (Wildman–Crippen MR) is 82.8 cm³/mol. The highest BCUT2D eigenvalue weighted by Crippen LogP contribution is 2.29. The number of likely N-dealkylation sites (N-methyl/N-ethyl adjacent to an activating group) is 1. The predicted octanol–water partition coefficient (Wildman–Crippen LogP) is 3.40. The highest BCUT2D eigenvalue weighted by Gasteiger charge is 2.30. The van der Waals surface area contributed by atoms with Crippen LogP contribution in [0.4, 0.5) is 13.2 Å². The molecule has 0 unspecified atom stereocenters. The van der Waals surface area contributed by atoms with Crippen LogP contribution in [0.3, 0.4) is 0 Å². The molecule has 6 heteroatoms. The Hall–Kier alpha value is -1.56. The van der Waals surface area contributed by atoms with Crippen molar-refractivity contribution in [3.05, 3.63) is 35.4 Å². The van der Waals surface area contributed by atoms with Crippen LogP contribution in [-0.4, -0.2) is 42.4 Å². The van der Waals surface area contributed by atoms with Crippen LogP contribution >= 0.6 is 0 Å². The fraction of sp³-hybridized carbons (Fsp3) is 0.588. The molecule has 128 valence electrons. The van der Waals surface area contributed by atoms with Crippen LogP contribution in [-0.2, 0) is 17.5 Å². The van der Waals surface area contributed by atoms with Crippen molar-refractivity contribution >= 4 is 5.91 Å². The van der Waals surface area contributed by atoms with E-state index in [2.05, 4.69) is 11.8 Å². The van der Waals surface area contributed by atoms with E-state index >= 15 is 0 Å². The molecule has 0 atom stereocenters. The van der Waals surface area contributed by atoms with Crippen molar-refractivity contribution in [2.75, 3.05) is 26.7 Å². The molecule has 2 rings (SSSR count). The van der Waals surface area contributed by atoms with Gasteiger partial charge in [-0.1, -0.05) is 19.1 Å². The Morgan fingerprint density at radius 2 is 1.78 bits per heavy atom. The SMILES string of the molecule is CC1CCN(CC(=O)N(C)Cc2ccc(C(F)(F)F)cc2)CC1. The Labute approximate surface area is 135 Å². The number of carbonyl (C=O) groups is 1. The van der Waals surface area contributed by atoms with E-state index in [1.807, 2.05) is 0 Å². The van der Waals surface area contributed by atoms with Crippen molar-refractivity contribution in [1.82, 2.24) is 9.80 Å². The van der Waals surface area contributed by atoms with Gasteiger partial charge in [0.25, 0.3) is 0 Å². The number of benzene rings is 1. The Kier molecular flexibility index (Phi) is 5.68. The zero-order chi connectivity index (χ0) is 17.0. The molecule has 0 radical (unpaired) electrons. The summed E-state index contributed by atoms with van der Waals surface area (Å²) in [7, 11) is 1.69. The number of rotatable bonds is 4. The summed E-state index contributed by atoms with van der Waals surface area (Å²) in [5, 5.41) is 0. The molecule has 3 nitrogen and oxygen atoms in total. The van der Waals surface area contributed by atoms with Crippen LogP contribution in [0, 0.1) is 5.92 Å². The van der Waals surface area contributed by atoms with Gasteiger partial charge in [-0.3, -0.25) is 9.69 Å². The number of carbonyl (C=O) groups excluding carboxylic acids is 1. The molecule has 0 N–H and O–H groups in total. The molecule has 1 heterocycles.